The maximum Gasteiger partial charge on any atom is 0.323 e. The van der Waals surface area contributed by atoms with Crippen molar-refractivity contribution in [3.8, 4) is 0 Å². The Morgan fingerprint density at radius 3 is 2.17 bits per heavy atom. The number of amides is 2. The zero-order valence-electron chi connectivity index (χ0n) is 16.7. The van der Waals surface area contributed by atoms with Gasteiger partial charge in [-0.15, -0.1) is 0 Å². The molecule has 0 aliphatic heterocycles. The quantitative estimate of drug-likeness (QED) is 0.585. The summed E-state index contributed by atoms with van der Waals surface area (Å²) in [6.07, 6.45) is 0. The van der Waals surface area contributed by atoms with Crippen LogP contribution in [0.3, 0.4) is 0 Å². The first-order valence-corrected chi connectivity index (χ1v) is 9.04. The monoisotopic (exact) mass is 394 g/mol. The Labute approximate surface area is 169 Å². The fraction of sp³-hybridized carbons (Fsp3) is 0.190. The molecule has 3 aromatic rings. The standard InChI is InChI=1S/C21H23FN6O/c1-13-5-6-17(11-18(13)22)27-21(29)26-16-9-7-15(8-10-16)25-19-12-20(28(3)4)24-14(2)23-19/h5-12H,1-4H3,(H,23,24,25)(H2,26,27,29). The molecule has 0 bridgehead atoms. The van der Waals surface area contributed by atoms with E-state index in [1.54, 1.807) is 31.2 Å². The Morgan fingerprint density at radius 1 is 0.897 bits per heavy atom. The first-order valence-electron chi connectivity index (χ1n) is 9.04. The smallest absolute Gasteiger partial charge is 0.323 e. The molecule has 0 unspecified atom stereocenters. The highest BCUT2D eigenvalue weighted by molar-refractivity contribution is 5.99. The van der Waals surface area contributed by atoms with E-state index < -0.39 is 6.03 Å². The molecule has 1 aromatic heterocycles. The fourth-order valence-electron chi connectivity index (χ4n) is 2.59. The maximum atomic E-state index is 13.6. The second-order valence-corrected chi connectivity index (χ2v) is 6.80. The van der Waals surface area contributed by atoms with E-state index in [2.05, 4.69) is 25.9 Å². The van der Waals surface area contributed by atoms with E-state index in [0.29, 0.717) is 28.6 Å². The number of anilines is 5. The molecule has 0 fully saturated rings. The zero-order valence-corrected chi connectivity index (χ0v) is 16.7. The van der Waals surface area contributed by atoms with Gasteiger partial charge in [0.05, 0.1) is 0 Å². The number of hydrogen-bond donors (Lipinski definition) is 3. The third-order valence-corrected chi connectivity index (χ3v) is 4.13. The number of rotatable bonds is 5. The molecular formula is C21H23FN6O. The average Bonchev–Trinajstić information content (AvgIpc) is 2.66. The molecular weight excluding hydrogens is 371 g/mol. The van der Waals surface area contributed by atoms with Crippen LogP contribution in [0.25, 0.3) is 0 Å². The predicted molar refractivity (Wildman–Crippen MR) is 115 cm³/mol. The SMILES string of the molecule is Cc1nc(Nc2ccc(NC(=O)Nc3ccc(C)c(F)c3)cc2)cc(N(C)C)n1. The number of benzene rings is 2. The van der Waals surface area contributed by atoms with E-state index in [1.165, 1.54) is 6.07 Å². The van der Waals surface area contributed by atoms with Gasteiger partial charge in [0.1, 0.15) is 23.3 Å². The Morgan fingerprint density at radius 2 is 1.52 bits per heavy atom. The van der Waals surface area contributed by atoms with Crippen molar-refractivity contribution in [1.82, 2.24) is 9.97 Å². The number of halogens is 1. The predicted octanol–water partition coefficient (Wildman–Crippen LogP) is 4.69. The molecule has 0 aliphatic rings. The highest BCUT2D eigenvalue weighted by Gasteiger charge is 2.07. The minimum atomic E-state index is -0.448. The van der Waals surface area contributed by atoms with Crippen LogP contribution in [0, 0.1) is 19.7 Å². The van der Waals surface area contributed by atoms with Gasteiger partial charge in [-0.1, -0.05) is 6.07 Å². The molecule has 3 rings (SSSR count). The normalized spacial score (nSPS) is 10.4. The third-order valence-electron chi connectivity index (χ3n) is 4.13. The van der Waals surface area contributed by atoms with Crippen LogP contribution in [0.15, 0.2) is 48.5 Å². The Bertz CT molecular complexity index is 1020. The van der Waals surface area contributed by atoms with Gasteiger partial charge in [-0.3, -0.25) is 0 Å². The lowest BCUT2D eigenvalue weighted by molar-refractivity contribution is 0.262. The molecule has 1 heterocycles. The van der Waals surface area contributed by atoms with Crippen LogP contribution in [-0.4, -0.2) is 30.1 Å². The van der Waals surface area contributed by atoms with E-state index in [-0.39, 0.29) is 5.82 Å². The molecule has 2 aromatic carbocycles. The van der Waals surface area contributed by atoms with Crippen molar-refractivity contribution in [2.24, 2.45) is 0 Å². The summed E-state index contributed by atoms with van der Waals surface area (Å²) >= 11 is 0. The lowest BCUT2D eigenvalue weighted by Crippen LogP contribution is -2.19. The van der Waals surface area contributed by atoms with Gasteiger partial charge >= 0.3 is 6.03 Å². The Balaban J connectivity index is 1.62. The van der Waals surface area contributed by atoms with Gasteiger partial charge in [0, 0.05) is 37.2 Å². The molecule has 7 nitrogen and oxygen atoms in total. The number of urea groups is 1. The van der Waals surface area contributed by atoms with Gasteiger partial charge in [-0.05, 0) is 55.8 Å². The van der Waals surface area contributed by atoms with E-state index in [4.69, 9.17) is 0 Å². The number of nitrogens with zero attached hydrogens (tertiary/aromatic N) is 3. The summed E-state index contributed by atoms with van der Waals surface area (Å²) in [4.78, 5) is 22.8. The van der Waals surface area contributed by atoms with Crippen molar-refractivity contribution in [2.75, 3.05) is 34.9 Å². The topological polar surface area (TPSA) is 82.2 Å². The van der Waals surface area contributed by atoms with E-state index in [9.17, 15) is 9.18 Å². The van der Waals surface area contributed by atoms with Crippen molar-refractivity contribution in [3.63, 3.8) is 0 Å². The van der Waals surface area contributed by atoms with Crippen LogP contribution in [0.1, 0.15) is 11.4 Å². The van der Waals surface area contributed by atoms with Gasteiger partial charge in [-0.25, -0.2) is 19.2 Å². The van der Waals surface area contributed by atoms with Gasteiger partial charge < -0.3 is 20.9 Å². The molecule has 0 atom stereocenters. The highest BCUT2D eigenvalue weighted by Crippen LogP contribution is 2.21. The minimum absolute atomic E-state index is 0.365. The number of nitrogens with one attached hydrogen (secondary N) is 3. The molecule has 0 radical (unpaired) electrons. The lowest BCUT2D eigenvalue weighted by Gasteiger charge is -2.14. The van der Waals surface area contributed by atoms with Gasteiger partial charge in [-0.2, -0.15) is 0 Å². The second kappa shape index (κ2) is 8.55. The number of carbonyl (C=O) groups excluding carboxylic acids is 1. The lowest BCUT2D eigenvalue weighted by atomic mass is 10.2. The van der Waals surface area contributed by atoms with Gasteiger partial charge in [0.25, 0.3) is 0 Å². The Hall–Kier alpha value is -3.68. The molecule has 0 saturated heterocycles. The molecule has 3 N–H and O–H groups in total. The first-order chi connectivity index (χ1) is 13.8. The summed E-state index contributed by atoms with van der Waals surface area (Å²) in [7, 11) is 3.84. The van der Waals surface area contributed by atoms with Crippen molar-refractivity contribution in [1.29, 1.82) is 0 Å². The first kappa shape index (κ1) is 20.1. The maximum absolute atomic E-state index is 13.6. The van der Waals surface area contributed by atoms with E-state index >= 15 is 0 Å². The molecule has 0 aliphatic carbocycles. The largest absolute Gasteiger partial charge is 0.363 e. The number of hydrogen-bond acceptors (Lipinski definition) is 5. The summed E-state index contributed by atoms with van der Waals surface area (Å²) < 4.78 is 13.6. The van der Waals surface area contributed by atoms with Crippen molar-refractivity contribution in [2.45, 2.75) is 13.8 Å². The molecule has 0 spiro atoms. The second-order valence-electron chi connectivity index (χ2n) is 6.80. The summed E-state index contributed by atoms with van der Waals surface area (Å²) in [5.74, 6) is 1.79. The van der Waals surface area contributed by atoms with E-state index in [0.717, 1.165) is 11.5 Å². The van der Waals surface area contributed by atoms with Crippen molar-refractivity contribution < 1.29 is 9.18 Å². The highest BCUT2D eigenvalue weighted by atomic mass is 19.1. The average molecular weight is 394 g/mol. The zero-order chi connectivity index (χ0) is 21.0. The molecule has 0 saturated carbocycles. The van der Waals surface area contributed by atoms with Crippen LogP contribution in [0.4, 0.5) is 37.9 Å². The summed E-state index contributed by atoms with van der Waals surface area (Å²) in [6.45, 7) is 3.50. The number of carbonyl (C=O) groups is 1. The fourth-order valence-corrected chi connectivity index (χ4v) is 2.59. The molecule has 2 amide bonds. The van der Waals surface area contributed by atoms with E-state index in [1.807, 2.05) is 44.1 Å². The summed E-state index contributed by atoms with van der Waals surface area (Å²) in [5.41, 5.74) is 2.34. The molecule has 150 valence electrons. The summed E-state index contributed by atoms with van der Waals surface area (Å²) in [5, 5.41) is 8.55. The number of aromatic nitrogens is 2. The third kappa shape index (κ3) is 5.41. The van der Waals surface area contributed by atoms with Gasteiger partial charge in [0.15, 0.2) is 0 Å². The van der Waals surface area contributed by atoms with Crippen LogP contribution in [-0.2, 0) is 0 Å². The molecule has 8 heteroatoms. The van der Waals surface area contributed by atoms with Crippen LogP contribution in [0.2, 0.25) is 0 Å². The minimum Gasteiger partial charge on any atom is -0.363 e. The number of aryl methyl sites for hydroxylation is 2. The van der Waals surface area contributed by atoms with Crippen molar-refractivity contribution in [3.05, 3.63) is 65.7 Å². The van der Waals surface area contributed by atoms with Crippen LogP contribution in [0.5, 0.6) is 0 Å². The summed E-state index contributed by atoms with van der Waals surface area (Å²) in [6, 6.07) is 13.1. The molecule has 29 heavy (non-hydrogen) atoms. The van der Waals surface area contributed by atoms with Crippen LogP contribution < -0.4 is 20.9 Å². The van der Waals surface area contributed by atoms with Gasteiger partial charge in [0.2, 0.25) is 0 Å². The Kier molecular flexibility index (Phi) is 5.92. The van der Waals surface area contributed by atoms with Crippen LogP contribution >= 0.6 is 0 Å². The van der Waals surface area contributed by atoms with Crippen molar-refractivity contribution >= 4 is 34.7 Å².